The van der Waals surface area contributed by atoms with Gasteiger partial charge in [-0.05, 0) is 30.5 Å². The van der Waals surface area contributed by atoms with Crippen molar-refractivity contribution in [2.75, 3.05) is 13.1 Å². The minimum absolute atomic E-state index is 0.0812. The molecular weight excluding hydrogens is 267 g/mol. The van der Waals surface area contributed by atoms with Crippen LogP contribution in [0.15, 0.2) is 24.3 Å². The van der Waals surface area contributed by atoms with Crippen molar-refractivity contribution in [2.24, 2.45) is 0 Å². The average Bonchev–Trinajstić information content (AvgIpc) is 2.49. The molecule has 118 valence electrons. The Hall–Kier alpha value is -1.42. The third kappa shape index (κ3) is 7.23. The van der Waals surface area contributed by atoms with Gasteiger partial charge in [-0.1, -0.05) is 38.8 Å². The molecule has 0 saturated heterocycles. The molecule has 0 saturated carbocycles. The van der Waals surface area contributed by atoms with Gasteiger partial charge in [0.1, 0.15) is 5.82 Å². The van der Waals surface area contributed by atoms with Crippen molar-refractivity contribution in [1.29, 1.82) is 0 Å². The first kappa shape index (κ1) is 17.6. The first-order chi connectivity index (χ1) is 10.2. The number of amides is 1. The monoisotopic (exact) mass is 294 g/mol. The summed E-state index contributed by atoms with van der Waals surface area (Å²) in [5, 5.41) is 6.28. The van der Waals surface area contributed by atoms with Gasteiger partial charge in [0.15, 0.2) is 0 Å². The molecule has 21 heavy (non-hydrogen) atoms. The number of unbranched alkanes of at least 4 members (excludes halogenated alkanes) is 1. The Labute approximate surface area is 127 Å². The van der Waals surface area contributed by atoms with Crippen molar-refractivity contribution in [1.82, 2.24) is 10.6 Å². The topological polar surface area (TPSA) is 41.1 Å². The molecule has 1 aromatic carbocycles. The third-order valence-corrected chi connectivity index (χ3v) is 3.43. The van der Waals surface area contributed by atoms with Crippen molar-refractivity contribution >= 4 is 5.91 Å². The summed E-state index contributed by atoms with van der Waals surface area (Å²) in [6, 6.07) is 6.80. The van der Waals surface area contributed by atoms with E-state index in [9.17, 15) is 9.18 Å². The van der Waals surface area contributed by atoms with Crippen molar-refractivity contribution in [3.8, 4) is 0 Å². The summed E-state index contributed by atoms with van der Waals surface area (Å²) in [7, 11) is 0. The van der Waals surface area contributed by atoms with Gasteiger partial charge < -0.3 is 10.6 Å². The molecule has 3 nitrogen and oxygen atoms in total. The van der Waals surface area contributed by atoms with Gasteiger partial charge in [0.2, 0.25) is 5.91 Å². The molecule has 1 atom stereocenters. The highest BCUT2D eigenvalue weighted by atomic mass is 19.1. The Morgan fingerprint density at radius 2 is 1.86 bits per heavy atom. The number of benzene rings is 1. The molecule has 0 fully saturated rings. The molecule has 1 unspecified atom stereocenters. The fourth-order valence-corrected chi connectivity index (χ4v) is 2.20. The van der Waals surface area contributed by atoms with Crippen molar-refractivity contribution < 1.29 is 9.18 Å². The zero-order chi connectivity index (χ0) is 15.5. The second kappa shape index (κ2) is 10.3. The van der Waals surface area contributed by atoms with E-state index in [2.05, 4.69) is 17.6 Å². The molecule has 1 amide bonds. The fourth-order valence-electron chi connectivity index (χ4n) is 2.20. The summed E-state index contributed by atoms with van der Waals surface area (Å²) < 4.78 is 13.0. The van der Waals surface area contributed by atoms with Crippen LogP contribution in [-0.4, -0.2) is 19.0 Å². The zero-order valence-electron chi connectivity index (χ0n) is 13.1. The third-order valence-electron chi connectivity index (χ3n) is 3.43. The predicted octanol–water partition coefficient (Wildman–Crippen LogP) is 3.56. The van der Waals surface area contributed by atoms with E-state index in [0.29, 0.717) is 13.0 Å². The predicted molar refractivity (Wildman–Crippen MR) is 84.6 cm³/mol. The SMILES string of the molecule is CCCCC(NCCC(=O)NCCC)c1ccc(F)cc1. The van der Waals surface area contributed by atoms with E-state index in [1.54, 1.807) is 0 Å². The van der Waals surface area contributed by atoms with Crippen LogP contribution in [0.2, 0.25) is 0 Å². The molecule has 2 N–H and O–H groups in total. The molecule has 0 heterocycles. The molecule has 4 heteroatoms. The maximum atomic E-state index is 13.0. The molecule has 1 aromatic rings. The minimum Gasteiger partial charge on any atom is -0.356 e. The van der Waals surface area contributed by atoms with Gasteiger partial charge in [0.25, 0.3) is 0 Å². The Morgan fingerprint density at radius 1 is 1.14 bits per heavy atom. The number of hydrogen-bond donors (Lipinski definition) is 2. The number of halogens is 1. The molecule has 0 aromatic heterocycles. The summed E-state index contributed by atoms with van der Waals surface area (Å²) >= 11 is 0. The van der Waals surface area contributed by atoms with E-state index in [1.165, 1.54) is 12.1 Å². The van der Waals surface area contributed by atoms with E-state index >= 15 is 0 Å². The highest BCUT2D eigenvalue weighted by Crippen LogP contribution is 2.19. The highest BCUT2D eigenvalue weighted by Gasteiger charge is 2.11. The van der Waals surface area contributed by atoms with Gasteiger partial charge in [0, 0.05) is 25.6 Å². The lowest BCUT2D eigenvalue weighted by molar-refractivity contribution is -0.121. The van der Waals surface area contributed by atoms with Crippen molar-refractivity contribution in [3.05, 3.63) is 35.6 Å². The van der Waals surface area contributed by atoms with Crippen LogP contribution in [0.3, 0.4) is 0 Å². The second-order valence-electron chi connectivity index (χ2n) is 5.30. The molecule has 0 spiro atoms. The quantitative estimate of drug-likeness (QED) is 0.692. The van der Waals surface area contributed by atoms with Crippen LogP contribution in [0.5, 0.6) is 0 Å². The zero-order valence-corrected chi connectivity index (χ0v) is 13.1. The van der Waals surface area contributed by atoms with Gasteiger partial charge in [-0.25, -0.2) is 4.39 Å². The summed E-state index contributed by atoms with van der Waals surface area (Å²) in [5.74, 6) is -0.135. The molecular formula is C17H27FN2O. The number of hydrogen-bond acceptors (Lipinski definition) is 2. The number of rotatable bonds is 10. The van der Waals surface area contributed by atoms with Crippen molar-refractivity contribution in [3.63, 3.8) is 0 Å². The molecule has 0 aliphatic carbocycles. The number of carbonyl (C=O) groups is 1. The second-order valence-corrected chi connectivity index (χ2v) is 5.30. The Bertz CT molecular complexity index is 406. The lowest BCUT2D eigenvalue weighted by atomic mass is 10.0. The lowest BCUT2D eigenvalue weighted by Gasteiger charge is -2.19. The Morgan fingerprint density at radius 3 is 2.48 bits per heavy atom. The summed E-state index contributed by atoms with van der Waals surface area (Å²) in [5.41, 5.74) is 1.08. The van der Waals surface area contributed by atoms with Crippen LogP contribution in [0.25, 0.3) is 0 Å². The van der Waals surface area contributed by atoms with Gasteiger partial charge >= 0.3 is 0 Å². The number of carbonyl (C=O) groups excluding carboxylic acids is 1. The standard InChI is InChI=1S/C17H27FN2O/c1-3-5-6-16(14-7-9-15(18)10-8-14)19-13-11-17(21)20-12-4-2/h7-10,16,19H,3-6,11-13H2,1-2H3,(H,20,21). The van der Waals surface area contributed by atoms with Crippen molar-refractivity contribution in [2.45, 2.75) is 52.0 Å². The van der Waals surface area contributed by atoms with E-state index in [4.69, 9.17) is 0 Å². The Balaban J connectivity index is 2.46. The van der Waals surface area contributed by atoms with Crippen LogP contribution in [0.4, 0.5) is 4.39 Å². The van der Waals surface area contributed by atoms with Crippen LogP contribution in [0.1, 0.15) is 57.6 Å². The Kier molecular flexibility index (Phi) is 8.67. The van der Waals surface area contributed by atoms with Gasteiger partial charge in [-0.15, -0.1) is 0 Å². The van der Waals surface area contributed by atoms with Crippen LogP contribution < -0.4 is 10.6 Å². The molecule has 0 radical (unpaired) electrons. The van der Waals surface area contributed by atoms with Gasteiger partial charge in [0.05, 0.1) is 0 Å². The first-order valence-corrected chi connectivity index (χ1v) is 7.92. The summed E-state index contributed by atoms with van der Waals surface area (Å²) in [4.78, 5) is 11.6. The molecule has 0 bridgehead atoms. The molecule has 1 rings (SSSR count). The molecule has 0 aliphatic heterocycles. The average molecular weight is 294 g/mol. The first-order valence-electron chi connectivity index (χ1n) is 7.92. The normalized spacial score (nSPS) is 12.1. The minimum atomic E-state index is -0.216. The fraction of sp³-hybridized carbons (Fsp3) is 0.588. The largest absolute Gasteiger partial charge is 0.356 e. The van der Waals surface area contributed by atoms with E-state index in [0.717, 1.165) is 37.8 Å². The smallest absolute Gasteiger partial charge is 0.221 e. The van der Waals surface area contributed by atoms with Gasteiger partial charge in [-0.2, -0.15) is 0 Å². The lowest BCUT2D eigenvalue weighted by Crippen LogP contribution is -2.30. The van der Waals surface area contributed by atoms with Crippen LogP contribution in [-0.2, 0) is 4.79 Å². The number of nitrogens with one attached hydrogen (secondary N) is 2. The van der Waals surface area contributed by atoms with Gasteiger partial charge in [-0.3, -0.25) is 4.79 Å². The van der Waals surface area contributed by atoms with Crippen LogP contribution >= 0.6 is 0 Å². The highest BCUT2D eigenvalue weighted by molar-refractivity contribution is 5.75. The summed E-state index contributed by atoms with van der Waals surface area (Å²) in [6.07, 6.45) is 4.66. The summed E-state index contributed by atoms with van der Waals surface area (Å²) in [6.45, 7) is 5.56. The van der Waals surface area contributed by atoms with E-state index < -0.39 is 0 Å². The van der Waals surface area contributed by atoms with Crippen LogP contribution in [0, 0.1) is 5.82 Å². The molecule has 0 aliphatic rings. The maximum Gasteiger partial charge on any atom is 0.221 e. The van der Waals surface area contributed by atoms with E-state index in [1.807, 2.05) is 19.1 Å². The van der Waals surface area contributed by atoms with E-state index in [-0.39, 0.29) is 17.8 Å². The maximum absolute atomic E-state index is 13.0.